The van der Waals surface area contributed by atoms with E-state index in [2.05, 4.69) is 63.8 Å². The highest BCUT2D eigenvalue weighted by Gasteiger charge is 2.30. The summed E-state index contributed by atoms with van der Waals surface area (Å²) in [6, 6.07) is 14.7. The number of rotatable bonds is 5. The minimum atomic E-state index is -0.612. The molecule has 8 nitrogen and oxygen atoms in total. The Morgan fingerprint density at radius 3 is 2.49 bits per heavy atom. The molecule has 0 aliphatic carbocycles. The molecule has 2 fully saturated rings. The molecule has 5 heterocycles. The van der Waals surface area contributed by atoms with Crippen molar-refractivity contribution in [3.8, 4) is 5.95 Å². The molecular formula is C29H36N6O2. The third-order valence-electron chi connectivity index (χ3n) is 7.95. The van der Waals surface area contributed by atoms with Gasteiger partial charge in [-0.25, -0.2) is 9.97 Å². The number of ether oxygens (including phenoxy) is 1. The summed E-state index contributed by atoms with van der Waals surface area (Å²) in [4.78, 5) is 20.0. The summed E-state index contributed by atoms with van der Waals surface area (Å²) in [6.45, 7) is 11.6. The summed E-state index contributed by atoms with van der Waals surface area (Å²) in [5.74, 6) is 1.90. The summed E-state index contributed by atoms with van der Waals surface area (Å²) in [5.41, 5.74) is 4.33. The highest BCUT2D eigenvalue weighted by atomic mass is 16.5. The van der Waals surface area contributed by atoms with E-state index in [0.717, 1.165) is 79.3 Å². The molecule has 2 aliphatic rings. The van der Waals surface area contributed by atoms with Gasteiger partial charge < -0.3 is 14.7 Å². The first-order valence-electron chi connectivity index (χ1n) is 13.4. The Labute approximate surface area is 217 Å². The van der Waals surface area contributed by atoms with E-state index in [0.29, 0.717) is 25.1 Å². The predicted molar refractivity (Wildman–Crippen MR) is 146 cm³/mol. The Morgan fingerprint density at radius 1 is 0.973 bits per heavy atom. The lowest BCUT2D eigenvalue weighted by Gasteiger charge is -2.37. The summed E-state index contributed by atoms with van der Waals surface area (Å²) < 4.78 is 7.77. The van der Waals surface area contributed by atoms with Gasteiger partial charge in [0.1, 0.15) is 5.52 Å². The van der Waals surface area contributed by atoms with Crippen molar-refractivity contribution < 1.29 is 9.84 Å². The number of aromatic nitrogens is 4. The monoisotopic (exact) mass is 500 g/mol. The Bertz CT molecular complexity index is 1410. The zero-order chi connectivity index (χ0) is 25.6. The fourth-order valence-corrected chi connectivity index (χ4v) is 5.80. The van der Waals surface area contributed by atoms with E-state index in [1.807, 2.05) is 13.8 Å². The normalized spacial score (nSPS) is 18.2. The van der Waals surface area contributed by atoms with Gasteiger partial charge in [-0.1, -0.05) is 18.2 Å². The smallest absolute Gasteiger partial charge is 0.237 e. The molecule has 0 atom stereocenters. The van der Waals surface area contributed by atoms with Crippen LogP contribution in [0.25, 0.3) is 27.9 Å². The molecule has 0 unspecified atom stereocenters. The van der Waals surface area contributed by atoms with E-state index < -0.39 is 5.60 Å². The molecule has 2 saturated heterocycles. The molecule has 0 amide bonds. The molecule has 0 radical (unpaired) electrons. The Balaban J connectivity index is 1.36. The van der Waals surface area contributed by atoms with Gasteiger partial charge in [0.05, 0.1) is 35.5 Å². The van der Waals surface area contributed by atoms with Crippen LogP contribution in [0, 0.1) is 12.8 Å². The van der Waals surface area contributed by atoms with Crippen LogP contribution in [-0.4, -0.2) is 74.5 Å². The molecule has 1 aromatic carbocycles. The van der Waals surface area contributed by atoms with Crippen molar-refractivity contribution in [2.75, 3.05) is 44.3 Å². The maximum absolute atomic E-state index is 10.4. The fraction of sp³-hybridized carbons (Fsp3) is 0.483. The number of morpholine rings is 1. The number of benzene rings is 1. The third kappa shape index (κ3) is 4.81. The summed E-state index contributed by atoms with van der Waals surface area (Å²) in [7, 11) is 0. The minimum absolute atomic E-state index is 0.348. The third-order valence-corrected chi connectivity index (χ3v) is 7.95. The standard InChI is InChI=1S/C29H36N6O2/c1-20-18-21-6-4-5-7-25(21)35(20)28-31-24-9-8-23(19-33-12-10-22(11-13-33)29(2,3)36)30-26(24)27(32-28)34-14-16-37-17-15-34/h4-9,18,22,36H,10-17,19H2,1-3H3. The number of hydrogen-bond acceptors (Lipinski definition) is 7. The fourth-order valence-electron chi connectivity index (χ4n) is 5.80. The van der Waals surface area contributed by atoms with Crippen LogP contribution in [0.3, 0.4) is 0 Å². The average molecular weight is 501 g/mol. The highest BCUT2D eigenvalue weighted by molar-refractivity contribution is 5.88. The molecule has 3 aromatic heterocycles. The largest absolute Gasteiger partial charge is 0.390 e. The molecule has 0 spiro atoms. The van der Waals surface area contributed by atoms with Crippen LogP contribution in [0.1, 0.15) is 38.1 Å². The lowest BCUT2D eigenvalue weighted by molar-refractivity contribution is -0.0137. The maximum atomic E-state index is 10.4. The van der Waals surface area contributed by atoms with Gasteiger partial charge in [0.25, 0.3) is 0 Å². The summed E-state index contributed by atoms with van der Waals surface area (Å²) in [5, 5.41) is 11.6. The number of nitrogens with zero attached hydrogens (tertiary/aromatic N) is 6. The van der Waals surface area contributed by atoms with Crippen molar-refractivity contribution in [1.29, 1.82) is 0 Å². The molecule has 6 rings (SSSR count). The quantitative estimate of drug-likeness (QED) is 0.442. The number of hydrogen-bond donors (Lipinski definition) is 1. The molecule has 194 valence electrons. The van der Waals surface area contributed by atoms with Crippen molar-refractivity contribution in [3.63, 3.8) is 0 Å². The highest BCUT2D eigenvalue weighted by Crippen LogP contribution is 2.30. The van der Waals surface area contributed by atoms with Crippen LogP contribution in [0.15, 0.2) is 42.5 Å². The number of pyridine rings is 1. The molecule has 1 N–H and O–H groups in total. The molecule has 8 heteroatoms. The van der Waals surface area contributed by atoms with Crippen molar-refractivity contribution in [2.45, 2.75) is 45.8 Å². The van der Waals surface area contributed by atoms with Crippen LogP contribution < -0.4 is 4.90 Å². The first kappa shape index (κ1) is 24.3. The average Bonchev–Trinajstić information content (AvgIpc) is 3.24. The van der Waals surface area contributed by atoms with Gasteiger partial charge in [-0.05, 0) is 76.9 Å². The van der Waals surface area contributed by atoms with E-state index in [1.165, 1.54) is 5.39 Å². The molecule has 2 aliphatic heterocycles. The lowest BCUT2D eigenvalue weighted by atomic mass is 9.83. The Morgan fingerprint density at radius 2 is 1.73 bits per heavy atom. The second-order valence-electron chi connectivity index (χ2n) is 11.0. The van der Waals surface area contributed by atoms with Crippen molar-refractivity contribution in [3.05, 3.63) is 53.9 Å². The number of likely N-dealkylation sites (tertiary alicyclic amines) is 1. The van der Waals surface area contributed by atoms with Crippen LogP contribution in [0.2, 0.25) is 0 Å². The van der Waals surface area contributed by atoms with Crippen LogP contribution in [0.5, 0.6) is 0 Å². The number of para-hydroxylation sites is 1. The van der Waals surface area contributed by atoms with Crippen molar-refractivity contribution in [2.24, 2.45) is 5.92 Å². The number of anilines is 1. The first-order chi connectivity index (χ1) is 17.9. The molecular weight excluding hydrogens is 464 g/mol. The number of aliphatic hydroxyl groups is 1. The van der Waals surface area contributed by atoms with E-state index in [9.17, 15) is 5.11 Å². The maximum Gasteiger partial charge on any atom is 0.237 e. The SMILES string of the molecule is Cc1cc2ccccc2n1-c1nc(N2CCOCC2)c2nc(CN3CCC(C(C)(C)O)CC3)ccc2n1. The Kier molecular flexibility index (Phi) is 6.34. The van der Waals surface area contributed by atoms with Gasteiger partial charge in [-0.3, -0.25) is 9.47 Å². The zero-order valence-electron chi connectivity index (χ0n) is 22.0. The van der Waals surface area contributed by atoms with Gasteiger partial charge in [-0.15, -0.1) is 0 Å². The molecule has 0 saturated carbocycles. The Hall–Kier alpha value is -3.07. The van der Waals surface area contributed by atoms with Gasteiger partial charge in [-0.2, -0.15) is 4.98 Å². The molecule has 37 heavy (non-hydrogen) atoms. The van der Waals surface area contributed by atoms with E-state index in [-0.39, 0.29) is 0 Å². The number of piperidine rings is 1. The summed E-state index contributed by atoms with van der Waals surface area (Å²) in [6.07, 6.45) is 2.01. The minimum Gasteiger partial charge on any atom is -0.390 e. The van der Waals surface area contributed by atoms with Gasteiger partial charge in [0, 0.05) is 30.7 Å². The van der Waals surface area contributed by atoms with Crippen LogP contribution in [0.4, 0.5) is 5.82 Å². The first-order valence-corrected chi connectivity index (χ1v) is 13.4. The second-order valence-corrected chi connectivity index (χ2v) is 11.0. The van der Waals surface area contributed by atoms with Crippen LogP contribution in [-0.2, 0) is 11.3 Å². The second kappa shape index (κ2) is 9.67. The number of aryl methyl sites for hydroxylation is 1. The zero-order valence-corrected chi connectivity index (χ0v) is 22.0. The van der Waals surface area contributed by atoms with Gasteiger partial charge in [0.15, 0.2) is 5.82 Å². The van der Waals surface area contributed by atoms with E-state index >= 15 is 0 Å². The lowest BCUT2D eigenvalue weighted by Crippen LogP contribution is -2.41. The molecule has 0 bridgehead atoms. The van der Waals surface area contributed by atoms with E-state index in [1.54, 1.807) is 0 Å². The van der Waals surface area contributed by atoms with E-state index in [4.69, 9.17) is 19.7 Å². The van der Waals surface area contributed by atoms with Gasteiger partial charge in [0.2, 0.25) is 5.95 Å². The predicted octanol–water partition coefficient (Wildman–Crippen LogP) is 4.10. The van der Waals surface area contributed by atoms with Crippen molar-refractivity contribution >= 4 is 27.8 Å². The summed E-state index contributed by atoms with van der Waals surface area (Å²) >= 11 is 0. The van der Waals surface area contributed by atoms with Crippen molar-refractivity contribution in [1.82, 2.24) is 24.4 Å². The van der Waals surface area contributed by atoms with Crippen LogP contribution >= 0.6 is 0 Å². The number of fused-ring (bicyclic) bond motifs is 2. The van der Waals surface area contributed by atoms with Gasteiger partial charge >= 0.3 is 0 Å². The topological polar surface area (TPSA) is 79.5 Å². The molecule has 4 aromatic rings.